The first-order valence-electron chi connectivity index (χ1n) is 7.91. The van der Waals surface area contributed by atoms with E-state index in [0.29, 0.717) is 0 Å². The van der Waals surface area contributed by atoms with Crippen LogP contribution in [0.15, 0.2) is 59.5 Å². The van der Waals surface area contributed by atoms with Crippen molar-refractivity contribution < 1.29 is 27.8 Å². The number of aromatic nitrogens is 1. The zero-order chi connectivity index (χ0) is 19.3. The molecular formula is C19H21NO5S. The summed E-state index contributed by atoms with van der Waals surface area (Å²) in [5.74, 6) is 0. The number of hydrogen-bond donors (Lipinski definition) is 2. The van der Waals surface area contributed by atoms with Crippen LogP contribution >= 0.6 is 0 Å². The van der Waals surface area contributed by atoms with Crippen LogP contribution in [0, 0.1) is 6.92 Å². The van der Waals surface area contributed by atoms with Crippen molar-refractivity contribution in [2.24, 2.45) is 7.05 Å². The number of para-hydroxylation sites is 1. The smallest absolute Gasteiger partial charge is 0.212 e. The molecule has 0 saturated heterocycles. The minimum Gasteiger partial charge on any atom is -0.744 e. The first-order valence-corrected chi connectivity index (χ1v) is 9.32. The van der Waals surface area contributed by atoms with E-state index in [1.165, 1.54) is 12.1 Å². The third-order valence-electron chi connectivity index (χ3n) is 4.03. The van der Waals surface area contributed by atoms with E-state index in [2.05, 4.69) is 0 Å². The van der Waals surface area contributed by atoms with Crippen molar-refractivity contribution in [2.45, 2.75) is 25.0 Å². The van der Waals surface area contributed by atoms with Crippen LogP contribution in [0.5, 0.6) is 0 Å². The number of nitrogens with zero attached hydrogens (tertiary/aromatic N) is 1. The van der Waals surface area contributed by atoms with Crippen LogP contribution in [0.3, 0.4) is 0 Å². The summed E-state index contributed by atoms with van der Waals surface area (Å²) in [6, 6.07) is 15.6. The van der Waals surface area contributed by atoms with Crippen molar-refractivity contribution in [1.29, 1.82) is 0 Å². The van der Waals surface area contributed by atoms with Crippen LogP contribution in [-0.2, 0) is 30.4 Å². The fourth-order valence-electron chi connectivity index (χ4n) is 2.60. The summed E-state index contributed by atoms with van der Waals surface area (Å²) in [7, 11) is -2.37. The molecule has 7 heteroatoms. The Morgan fingerprint density at radius 3 is 2.15 bits per heavy atom. The maximum Gasteiger partial charge on any atom is 0.212 e. The fraction of sp³-hybridized carbons (Fsp3) is 0.211. The molecule has 0 saturated carbocycles. The lowest BCUT2D eigenvalue weighted by Gasteiger charge is -2.05. The van der Waals surface area contributed by atoms with Gasteiger partial charge in [0.05, 0.1) is 11.5 Å². The normalized spacial score (nSPS) is 11.1. The molecule has 2 N–H and O–H groups in total. The van der Waals surface area contributed by atoms with Gasteiger partial charge in [-0.25, -0.2) is 8.42 Å². The van der Waals surface area contributed by atoms with Gasteiger partial charge in [-0.05, 0) is 31.2 Å². The number of pyridine rings is 1. The number of benzene rings is 2. The summed E-state index contributed by atoms with van der Waals surface area (Å²) >= 11 is 0. The first kappa shape index (κ1) is 20.0. The van der Waals surface area contributed by atoms with Gasteiger partial charge in [0.2, 0.25) is 11.2 Å². The molecule has 0 spiro atoms. The molecule has 3 aromatic rings. The quantitative estimate of drug-likeness (QED) is 0.534. The molecule has 0 amide bonds. The monoisotopic (exact) mass is 375 g/mol. The molecule has 2 aromatic carbocycles. The van der Waals surface area contributed by atoms with E-state index in [1.807, 2.05) is 48.9 Å². The Morgan fingerprint density at radius 2 is 1.62 bits per heavy atom. The van der Waals surface area contributed by atoms with Gasteiger partial charge < -0.3 is 14.8 Å². The summed E-state index contributed by atoms with van der Waals surface area (Å²) < 4.78 is 33.1. The molecule has 1 heterocycles. The highest BCUT2D eigenvalue weighted by Gasteiger charge is 2.15. The van der Waals surface area contributed by atoms with Gasteiger partial charge in [-0.3, -0.25) is 0 Å². The maximum atomic E-state index is 10.4. The molecule has 0 unspecified atom stereocenters. The highest BCUT2D eigenvalue weighted by molar-refractivity contribution is 7.85. The van der Waals surface area contributed by atoms with E-state index < -0.39 is 10.1 Å². The predicted molar refractivity (Wildman–Crippen MR) is 96.1 cm³/mol. The second-order valence-corrected chi connectivity index (χ2v) is 7.20. The standard InChI is InChI=1S/C12H14NO2.C7H8O3S/c1-13-11-5-3-2-4-9(11)6-10(7-14)12(13)8-15;1-6-2-4-7(5-3-6)11(8,9)10/h2-6,14-15H,7-8H2,1H3;2-5H,1H3,(H,8,9,10)/q+1;/p-1. The number of rotatable bonds is 3. The van der Waals surface area contributed by atoms with Gasteiger partial charge in [0.1, 0.15) is 23.8 Å². The average Bonchev–Trinajstić information content (AvgIpc) is 2.61. The van der Waals surface area contributed by atoms with Crippen LogP contribution in [0.1, 0.15) is 16.8 Å². The van der Waals surface area contributed by atoms with E-state index >= 15 is 0 Å². The molecule has 0 atom stereocenters. The van der Waals surface area contributed by atoms with Crippen molar-refractivity contribution in [2.75, 3.05) is 0 Å². The number of fused-ring (bicyclic) bond motifs is 1. The van der Waals surface area contributed by atoms with Crippen molar-refractivity contribution in [3.8, 4) is 0 Å². The van der Waals surface area contributed by atoms with Gasteiger partial charge >= 0.3 is 0 Å². The Labute approximate surface area is 152 Å². The van der Waals surface area contributed by atoms with Gasteiger partial charge in [-0.2, -0.15) is 4.57 Å². The van der Waals surface area contributed by atoms with Crippen LogP contribution < -0.4 is 4.57 Å². The summed E-state index contributed by atoms with van der Waals surface area (Å²) in [6.07, 6.45) is 0. The molecular weight excluding hydrogens is 354 g/mol. The van der Waals surface area contributed by atoms with Crippen molar-refractivity contribution in [3.63, 3.8) is 0 Å². The molecule has 0 fully saturated rings. The zero-order valence-electron chi connectivity index (χ0n) is 14.6. The van der Waals surface area contributed by atoms with Crippen LogP contribution in [0.2, 0.25) is 0 Å². The molecule has 0 radical (unpaired) electrons. The summed E-state index contributed by atoms with van der Waals surface area (Å²) in [5, 5.41) is 19.5. The average molecular weight is 375 g/mol. The lowest BCUT2D eigenvalue weighted by molar-refractivity contribution is -0.655. The van der Waals surface area contributed by atoms with Crippen LogP contribution in [0.25, 0.3) is 10.9 Å². The third-order valence-corrected chi connectivity index (χ3v) is 4.88. The summed E-state index contributed by atoms with van der Waals surface area (Å²) in [4.78, 5) is -0.178. The predicted octanol–water partition coefficient (Wildman–Crippen LogP) is 1.55. The van der Waals surface area contributed by atoms with E-state index in [1.54, 1.807) is 12.1 Å². The second kappa shape index (κ2) is 8.37. The molecule has 138 valence electrons. The number of aliphatic hydroxyl groups is 2. The molecule has 0 aliphatic carbocycles. The van der Waals surface area contributed by atoms with Crippen molar-refractivity contribution >= 4 is 21.0 Å². The molecule has 1 aromatic heterocycles. The minimum atomic E-state index is -4.27. The highest BCUT2D eigenvalue weighted by Crippen LogP contribution is 2.15. The minimum absolute atomic E-state index is 0.0471. The SMILES string of the molecule is C[n+]1c(CO)c(CO)cc2ccccc21.Cc1ccc(S(=O)(=O)[O-])cc1. The Bertz CT molecular complexity index is 998. The van der Waals surface area contributed by atoms with E-state index in [-0.39, 0.29) is 18.1 Å². The van der Waals surface area contributed by atoms with Crippen molar-refractivity contribution in [1.82, 2.24) is 0 Å². The first-order chi connectivity index (χ1) is 12.3. The van der Waals surface area contributed by atoms with Gasteiger partial charge in [-0.15, -0.1) is 0 Å². The third kappa shape index (κ3) is 4.64. The van der Waals surface area contributed by atoms with Crippen LogP contribution in [0.4, 0.5) is 0 Å². The zero-order valence-corrected chi connectivity index (χ0v) is 15.4. The number of hydrogen-bond acceptors (Lipinski definition) is 5. The Balaban J connectivity index is 0.000000197. The van der Waals surface area contributed by atoms with Gasteiger partial charge in [-0.1, -0.05) is 29.8 Å². The molecule has 0 aliphatic heterocycles. The van der Waals surface area contributed by atoms with Gasteiger partial charge in [0.25, 0.3) is 0 Å². The number of aryl methyl sites for hydroxylation is 2. The number of aliphatic hydroxyl groups excluding tert-OH is 2. The molecule has 6 nitrogen and oxygen atoms in total. The summed E-state index contributed by atoms with van der Waals surface area (Å²) in [5.41, 5.74) is 3.52. The van der Waals surface area contributed by atoms with E-state index in [4.69, 9.17) is 0 Å². The van der Waals surface area contributed by atoms with Gasteiger partial charge in [0, 0.05) is 17.0 Å². The molecule has 0 aliphatic rings. The largest absolute Gasteiger partial charge is 0.744 e. The Hall–Kier alpha value is -2.32. The topological polar surface area (TPSA) is 102 Å². The van der Waals surface area contributed by atoms with Crippen molar-refractivity contribution in [3.05, 3.63) is 71.4 Å². The van der Waals surface area contributed by atoms with E-state index in [0.717, 1.165) is 27.7 Å². The molecule has 26 heavy (non-hydrogen) atoms. The van der Waals surface area contributed by atoms with Crippen LogP contribution in [-0.4, -0.2) is 23.2 Å². The second-order valence-electron chi connectivity index (χ2n) is 5.82. The Kier molecular flexibility index (Phi) is 6.44. The molecule has 0 bridgehead atoms. The Morgan fingerprint density at radius 1 is 1.00 bits per heavy atom. The maximum absolute atomic E-state index is 10.4. The lowest BCUT2D eigenvalue weighted by atomic mass is 10.1. The molecule has 3 rings (SSSR count). The van der Waals surface area contributed by atoms with E-state index in [9.17, 15) is 23.2 Å². The lowest BCUT2D eigenvalue weighted by Crippen LogP contribution is -2.36. The highest BCUT2D eigenvalue weighted by atomic mass is 32.2. The van der Waals surface area contributed by atoms with Gasteiger partial charge in [0.15, 0.2) is 0 Å². The summed E-state index contributed by atoms with van der Waals surface area (Å²) in [6.45, 7) is 1.72. The fourth-order valence-corrected chi connectivity index (χ4v) is 3.07.